The quantitative estimate of drug-likeness (QED) is 0.319. The highest BCUT2D eigenvalue weighted by atomic mass is 16.5. The lowest BCUT2D eigenvalue weighted by Gasteiger charge is -2.40. The lowest BCUT2D eigenvalue weighted by atomic mass is 10.0. The molecule has 0 spiro atoms. The summed E-state index contributed by atoms with van der Waals surface area (Å²) in [6.07, 6.45) is 5.47. The second-order valence-electron chi connectivity index (χ2n) is 11.0. The van der Waals surface area contributed by atoms with Gasteiger partial charge in [-0.05, 0) is 57.0 Å². The number of nitrogens with zero attached hydrogens (tertiary/aromatic N) is 8. The number of rotatable bonds is 8. The van der Waals surface area contributed by atoms with Gasteiger partial charge >= 0.3 is 0 Å². The Morgan fingerprint density at radius 2 is 1.79 bits per heavy atom. The first-order valence-electron chi connectivity index (χ1n) is 14.6. The fourth-order valence-electron chi connectivity index (χ4n) is 5.82. The van der Waals surface area contributed by atoms with Gasteiger partial charge in [0.05, 0.1) is 25.8 Å². The van der Waals surface area contributed by atoms with Gasteiger partial charge in [0.15, 0.2) is 11.5 Å². The number of benzene rings is 1. The Bertz CT molecular complexity index is 1680. The molecule has 12 heteroatoms. The molecule has 0 radical (unpaired) electrons. The van der Waals surface area contributed by atoms with E-state index in [9.17, 15) is 9.59 Å². The molecule has 12 nitrogen and oxygen atoms in total. The molecular weight excluding hydrogens is 534 g/mol. The molecule has 5 heterocycles. The molecule has 4 aromatic rings. The molecule has 1 N–H and O–H groups in total. The van der Waals surface area contributed by atoms with Gasteiger partial charge in [-0.25, -0.2) is 19.0 Å². The fraction of sp³-hybridized carbons (Fsp3) is 0.433. The Hall–Kier alpha value is -4.29. The van der Waals surface area contributed by atoms with Gasteiger partial charge in [0.2, 0.25) is 5.95 Å². The first kappa shape index (κ1) is 27.9. The number of ether oxygens (including phenoxy) is 1. The largest absolute Gasteiger partial charge is 0.379 e. The SMILES string of the molecule is C=CCn1c(=O)c2cnc(Nc3ccc(N4CCC(N5CCOCC5)CC4)cc3)nc2n1-c1ccc(=O)n(C(C)C)n1. The van der Waals surface area contributed by atoms with Crippen LogP contribution < -0.4 is 21.3 Å². The van der Waals surface area contributed by atoms with Gasteiger partial charge in [-0.3, -0.25) is 14.5 Å². The third kappa shape index (κ3) is 5.47. The van der Waals surface area contributed by atoms with Crippen molar-refractivity contribution in [3.8, 4) is 5.82 Å². The first-order chi connectivity index (χ1) is 20.4. The van der Waals surface area contributed by atoms with Crippen LogP contribution in [0.4, 0.5) is 17.3 Å². The predicted molar refractivity (Wildman–Crippen MR) is 163 cm³/mol. The third-order valence-corrected chi connectivity index (χ3v) is 8.01. The molecule has 0 aliphatic carbocycles. The topological polar surface area (TPSA) is 115 Å². The third-order valence-electron chi connectivity index (χ3n) is 8.01. The van der Waals surface area contributed by atoms with Gasteiger partial charge in [0, 0.05) is 55.9 Å². The van der Waals surface area contributed by atoms with Gasteiger partial charge in [0.25, 0.3) is 11.1 Å². The Kier molecular flexibility index (Phi) is 7.90. The number of allylic oxidation sites excluding steroid dienone is 1. The second-order valence-corrected chi connectivity index (χ2v) is 11.0. The number of nitrogens with one attached hydrogen (secondary N) is 1. The van der Waals surface area contributed by atoms with E-state index in [-0.39, 0.29) is 23.7 Å². The number of fused-ring (bicyclic) bond motifs is 1. The molecule has 0 saturated carbocycles. The van der Waals surface area contributed by atoms with E-state index >= 15 is 0 Å². The molecule has 2 saturated heterocycles. The summed E-state index contributed by atoms with van der Waals surface area (Å²) in [6, 6.07) is 11.8. The zero-order chi connectivity index (χ0) is 29.2. The van der Waals surface area contributed by atoms with Crippen molar-refractivity contribution < 1.29 is 4.74 Å². The summed E-state index contributed by atoms with van der Waals surface area (Å²) in [4.78, 5) is 39.7. The van der Waals surface area contributed by atoms with Crippen LogP contribution in [0.3, 0.4) is 0 Å². The van der Waals surface area contributed by atoms with E-state index in [0.717, 1.165) is 57.9 Å². The van der Waals surface area contributed by atoms with E-state index in [1.165, 1.54) is 27.3 Å². The minimum absolute atomic E-state index is 0.148. The van der Waals surface area contributed by atoms with Gasteiger partial charge < -0.3 is 15.0 Å². The Labute approximate surface area is 243 Å². The minimum Gasteiger partial charge on any atom is -0.379 e. The average Bonchev–Trinajstić information content (AvgIpc) is 3.28. The van der Waals surface area contributed by atoms with Gasteiger partial charge in [-0.15, -0.1) is 11.7 Å². The average molecular weight is 572 g/mol. The number of hydrogen-bond donors (Lipinski definition) is 1. The zero-order valence-electron chi connectivity index (χ0n) is 24.1. The first-order valence-corrected chi connectivity index (χ1v) is 14.6. The monoisotopic (exact) mass is 571 g/mol. The number of aromatic nitrogens is 6. The van der Waals surface area contributed by atoms with Crippen molar-refractivity contribution in [2.75, 3.05) is 49.6 Å². The van der Waals surface area contributed by atoms with Crippen molar-refractivity contribution in [3.63, 3.8) is 0 Å². The van der Waals surface area contributed by atoms with Crippen molar-refractivity contribution in [1.82, 2.24) is 34.0 Å². The molecule has 220 valence electrons. The molecule has 1 aromatic carbocycles. The maximum Gasteiger partial charge on any atom is 0.278 e. The molecule has 2 aliphatic heterocycles. The van der Waals surface area contributed by atoms with Gasteiger partial charge in [-0.1, -0.05) is 6.08 Å². The van der Waals surface area contributed by atoms with Crippen molar-refractivity contribution in [1.29, 1.82) is 0 Å². The fourth-order valence-corrected chi connectivity index (χ4v) is 5.82. The van der Waals surface area contributed by atoms with Crippen LogP contribution in [0.15, 0.2) is 64.8 Å². The lowest BCUT2D eigenvalue weighted by molar-refractivity contribution is 0.0115. The molecule has 2 fully saturated rings. The van der Waals surface area contributed by atoms with Gasteiger partial charge in [-0.2, -0.15) is 4.98 Å². The molecule has 3 aromatic heterocycles. The Morgan fingerprint density at radius 3 is 2.48 bits per heavy atom. The van der Waals surface area contributed by atoms with Crippen molar-refractivity contribution in [2.45, 2.75) is 45.3 Å². The predicted octanol–water partition coefficient (Wildman–Crippen LogP) is 2.95. The molecule has 2 aliphatic rings. The number of piperidine rings is 1. The molecular formula is C30H37N9O3. The van der Waals surface area contributed by atoms with Crippen LogP contribution in [0.25, 0.3) is 16.9 Å². The van der Waals surface area contributed by atoms with E-state index < -0.39 is 0 Å². The van der Waals surface area contributed by atoms with Crippen molar-refractivity contribution in [3.05, 3.63) is 76.0 Å². The Morgan fingerprint density at radius 1 is 1.05 bits per heavy atom. The highest BCUT2D eigenvalue weighted by molar-refractivity contribution is 5.77. The highest BCUT2D eigenvalue weighted by Gasteiger charge is 2.26. The summed E-state index contributed by atoms with van der Waals surface area (Å²) in [5, 5.41) is 8.15. The summed E-state index contributed by atoms with van der Waals surface area (Å²) in [7, 11) is 0. The van der Waals surface area contributed by atoms with Crippen LogP contribution in [-0.2, 0) is 11.3 Å². The molecule has 42 heavy (non-hydrogen) atoms. The molecule has 0 unspecified atom stereocenters. The van der Waals surface area contributed by atoms with Crippen LogP contribution >= 0.6 is 0 Å². The molecule has 6 rings (SSSR count). The van der Waals surface area contributed by atoms with E-state index in [1.807, 2.05) is 26.0 Å². The minimum atomic E-state index is -0.262. The number of anilines is 3. The zero-order valence-corrected chi connectivity index (χ0v) is 24.1. The summed E-state index contributed by atoms with van der Waals surface area (Å²) < 4.78 is 10.0. The molecule has 0 bridgehead atoms. The van der Waals surface area contributed by atoms with Crippen molar-refractivity contribution in [2.24, 2.45) is 0 Å². The van der Waals surface area contributed by atoms with Gasteiger partial charge in [0.1, 0.15) is 5.39 Å². The summed E-state index contributed by atoms with van der Waals surface area (Å²) >= 11 is 0. The van der Waals surface area contributed by atoms with E-state index in [4.69, 9.17) is 9.72 Å². The maximum atomic E-state index is 13.3. The van der Waals surface area contributed by atoms with Crippen LogP contribution in [0, 0.1) is 0 Å². The van der Waals surface area contributed by atoms with Crippen LogP contribution in [0.2, 0.25) is 0 Å². The normalized spacial score (nSPS) is 16.8. The number of morpholine rings is 1. The summed E-state index contributed by atoms with van der Waals surface area (Å²) in [5.74, 6) is 0.756. The smallest absolute Gasteiger partial charge is 0.278 e. The second kappa shape index (κ2) is 11.9. The van der Waals surface area contributed by atoms with Crippen LogP contribution in [0.5, 0.6) is 0 Å². The standard InChI is InChI=1S/C30H37N9O3/c1-4-13-37-29(41)25-20-31-30(33-28(25)39(37)26-9-10-27(40)38(34-26)21(2)3)32-22-5-7-23(8-6-22)35-14-11-24(12-15-35)36-16-18-42-19-17-36/h4-10,20-21,24H,1,11-19H2,2-3H3,(H,31,32,33). The number of hydrogen-bond acceptors (Lipinski definition) is 9. The van der Waals surface area contributed by atoms with Crippen molar-refractivity contribution >= 4 is 28.4 Å². The lowest BCUT2D eigenvalue weighted by Crippen LogP contribution is -2.49. The molecule has 0 atom stereocenters. The van der Waals surface area contributed by atoms with E-state index in [1.54, 1.807) is 16.8 Å². The summed E-state index contributed by atoms with van der Waals surface area (Å²) in [5.41, 5.74) is 1.94. The maximum absolute atomic E-state index is 13.3. The van der Waals surface area contributed by atoms with E-state index in [2.05, 4.69) is 43.9 Å². The highest BCUT2D eigenvalue weighted by Crippen LogP contribution is 2.26. The van der Waals surface area contributed by atoms with E-state index in [0.29, 0.717) is 28.8 Å². The Balaban J connectivity index is 1.23. The molecule has 0 amide bonds. The summed E-state index contributed by atoms with van der Waals surface area (Å²) in [6.45, 7) is 13.6. The van der Waals surface area contributed by atoms with Crippen LogP contribution in [-0.4, -0.2) is 79.4 Å². The van der Waals surface area contributed by atoms with Crippen LogP contribution in [0.1, 0.15) is 32.7 Å².